The third-order valence-corrected chi connectivity index (χ3v) is 4.32. The lowest BCUT2D eigenvalue weighted by molar-refractivity contribution is -0.163. The molecule has 6 heteroatoms. The Bertz CT molecular complexity index is 617. The molecule has 1 fully saturated rings. The Labute approximate surface area is 155 Å². The number of carbonyl (C=O) groups excluding carboxylic acids is 2. The first-order chi connectivity index (χ1) is 12.2. The lowest BCUT2D eigenvalue weighted by Crippen LogP contribution is -2.45. The van der Waals surface area contributed by atoms with Crippen molar-refractivity contribution < 1.29 is 19.1 Å². The van der Waals surface area contributed by atoms with Crippen molar-refractivity contribution in [1.29, 1.82) is 0 Å². The Kier molecular flexibility index (Phi) is 6.78. The molecule has 144 valence electrons. The SMILES string of the molecule is CC(=O)OC(C)(C)C(=O)NCc1ccc(CN2C[C@H](C)O[C@@H](C)C2)cc1. The fraction of sp³-hybridized carbons (Fsp3) is 0.600. The zero-order valence-corrected chi connectivity index (χ0v) is 16.4. The molecule has 1 aromatic rings. The van der Waals surface area contributed by atoms with Crippen LogP contribution in [0.1, 0.15) is 45.7 Å². The highest BCUT2D eigenvalue weighted by Crippen LogP contribution is 2.15. The van der Waals surface area contributed by atoms with E-state index in [-0.39, 0.29) is 18.1 Å². The van der Waals surface area contributed by atoms with Gasteiger partial charge in [0.15, 0.2) is 5.60 Å². The molecule has 1 N–H and O–H groups in total. The first-order valence-corrected chi connectivity index (χ1v) is 9.09. The summed E-state index contributed by atoms with van der Waals surface area (Å²) >= 11 is 0. The van der Waals surface area contributed by atoms with E-state index in [1.807, 2.05) is 12.1 Å². The van der Waals surface area contributed by atoms with E-state index in [0.717, 1.165) is 25.2 Å². The van der Waals surface area contributed by atoms with E-state index in [9.17, 15) is 9.59 Å². The Balaban J connectivity index is 1.85. The van der Waals surface area contributed by atoms with Crippen LogP contribution in [0.25, 0.3) is 0 Å². The molecule has 1 aromatic carbocycles. The molecule has 1 heterocycles. The highest BCUT2D eigenvalue weighted by atomic mass is 16.6. The number of nitrogens with one attached hydrogen (secondary N) is 1. The van der Waals surface area contributed by atoms with Gasteiger partial charge in [-0.25, -0.2) is 0 Å². The molecule has 1 aliphatic heterocycles. The van der Waals surface area contributed by atoms with Crippen LogP contribution in [0.3, 0.4) is 0 Å². The highest BCUT2D eigenvalue weighted by molar-refractivity contribution is 5.86. The van der Waals surface area contributed by atoms with Crippen LogP contribution in [-0.4, -0.2) is 47.7 Å². The van der Waals surface area contributed by atoms with E-state index in [4.69, 9.17) is 9.47 Å². The van der Waals surface area contributed by atoms with Gasteiger partial charge in [-0.3, -0.25) is 14.5 Å². The molecule has 1 amide bonds. The summed E-state index contributed by atoms with van der Waals surface area (Å²) < 4.78 is 10.8. The van der Waals surface area contributed by atoms with Crippen molar-refractivity contribution in [3.05, 3.63) is 35.4 Å². The largest absolute Gasteiger partial charge is 0.450 e. The first kappa shape index (κ1) is 20.4. The van der Waals surface area contributed by atoms with Crippen LogP contribution in [0.15, 0.2) is 24.3 Å². The molecule has 0 aromatic heterocycles. The predicted octanol–water partition coefficient (Wildman–Crippen LogP) is 2.25. The quantitative estimate of drug-likeness (QED) is 0.786. The van der Waals surface area contributed by atoms with Crippen molar-refractivity contribution in [2.24, 2.45) is 0 Å². The lowest BCUT2D eigenvalue weighted by Gasteiger charge is -2.35. The number of rotatable bonds is 6. The van der Waals surface area contributed by atoms with Crippen LogP contribution in [0.5, 0.6) is 0 Å². The van der Waals surface area contributed by atoms with Gasteiger partial charge >= 0.3 is 5.97 Å². The summed E-state index contributed by atoms with van der Waals surface area (Å²) in [6.45, 7) is 11.8. The van der Waals surface area contributed by atoms with Gasteiger partial charge in [-0.15, -0.1) is 0 Å². The van der Waals surface area contributed by atoms with Gasteiger partial charge in [-0.1, -0.05) is 24.3 Å². The van der Waals surface area contributed by atoms with Gasteiger partial charge < -0.3 is 14.8 Å². The van der Waals surface area contributed by atoms with E-state index in [0.29, 0.717) is 6.54 Å². The number of amides is 1. The average molecular weight is 362 g/mol. The molecule has 0 bridgehead atoms. The van der Waals surface area contributed by atoms with E-state index in [1.165, 1.54) is 12.5 Å². The van der Waals surface area contributed by atoms with Crippen LogP contribution in [-0.2, 0) is 32.2 Å². The Morgan fingerprint density at radius 2 is 1.69 bits per heavy atom. The molecule has 0 saturated carbocycles. The molecular weight excluding hydrogens is 332 g/mol. The second-order valence-corrected chi connectivity index (χ2v) is 7.55. The number of nitrogens with zero attached hydrogens (tertiary/aromatic N) is 1. The molecule has 0 spiro atoms. The number of ether oxygens (including phenoxy) is 2. The van der Waals surface area contributed by atoms with Crippen molar-refractivity contribution in [2.75, 3.05) is 13.1 Å². The maximum atomic E-state index is 12.2. The lowest BCUT2D eigenvalue weighted by atomic mass is 10.1. The van der Waals surface area contributed by atoms with Gasteiger partial charge in [-0.2, -0.15) is 0 Å². The molecule has 2 atom stereocenters. The first-order valence-electron chi connectivity index (χ1n) is 9.09. The van der Waals surface area contributed by atoms with E-state index in [2.05, 4.69) is 36.2 Å². The van der Waals surface area contributed by atoms with Crippen molar-refractivity contribution in [3.63, 3.8) is 0 Å². The minimum atomic E-state index is -1.17. The Morgan fingerprint density at radius 1 is 1.15 bits per heavy atom. The summed E-state index contributed by atoms with van der Waals surface area (Å²) in [5, 5.41) is 2.81. The van der Waals surface area contributed by atoms with Gasteiger partial charge in [0.2, 0.25) is 0 Å². The molecule has 26 heavy (non-hydrogen) atoms. The van der Waals surface area contributed by atoms with Crippen LogP contribution in [0, 0.1) is 0 Å². The standard InChI is InChI=1S/C20H30N2O4/c1-14-11-22(12-15(2)25-14)13-18-8-6-17(7-9-18)10-21-19(24)20(4,5)26-16(3)23/h6-9,14-15H,10-13H2,1-5H3,(H,21,24)/t14-,15-/m0/s1. The number of benzene rings is 1. The van der Waals surface area contributed by atoms with E-state index in [1.54, 1.807) is 13.8 Å². The van der Waals surface area contributed by atoms with Crippen LogP contribution >= 0.6 is 0 Å². The smallest absolute Gasteiger partial charge is 0.303 e. The Hall–Kier alpha value is -1.92. The average Bonchev–Trinajstić information content (AvgIpc) is 2.51. The van der Waals surface area contributed by atoms with Gasteiger partial charge in [0.05, 0.1) is 12.2 Å². The van der Waals surface area contributed by atoms with Gasteiger partial charge in [0.1, 0.15) is 0 Å². The van der Waals surface area contributed by atoms with Crippen molar-refractivity contribution in [3.8, 4) is 0 Å². The van der Waals surface area contributed by atoms with Crippen LogP contribution in [0.2, 0.25) is 0 Å². The van der Waals surface area contributed by atoms with E-state index >= 15 is 0 Å². The summed E-state index contributed by atoms with van der Waals surface area (Å²) in [5.41, 5.74) is 1.07. The fourth-order valence-electron chi connectivity index (χ4n) is 3.24. The molecule has 0 unspecified atom stereocenters. The third kappa shape index (κ3) is 6.11. The maximum Gasteiger partial charge on any atom is 0.303 e. The predicted molar refractivity (Wildman–Crippen MR) is 99.4 cm³/mol. The summed E-state index contributed by atoms with van der Waals surface area (Å²) in [7, 11) is 0. The summed E-state index contributed by atoms with van der Waals surface area (Å²) in [6, 6.07) is 8.20. The molecule has 1 saturated heterocycles. The van der Waals surface area contributed by atoms with Gasteiger partial charge in [-0.05, 0) is 38.8 Å². The molecule has 6 nitrogen and oxygen atoms in total. The fourth-order valence-corrected chi connectivity index (χ4v) is 3.24. The highest BCUT2D eigenvalue weighted by Gasteiger charge is 2.30. The normalized spacial score (nSPS) is 21.3. The van der Waals surface area contributed by atoms with E-state index < -0.39 is 11.6 Å². The number of morpholine rings is 1. The van der Waals surface area contributed by atoms with Crippen LogP contribution < -0.4 is 5.32 Å². The second kappa shape index (κ2) is 8.64. The third-order valence-electron chi connectivity index (χ3n) is 4.32. The molecular formula is C20H30N2O4. The van der Waals surface area contributed by atoms with Gasteiger partial charge in [0.25, 0.3) is 5.91 Å². The number of hydrogen-bond acceptors (Lipinski definition) is 5. The molecule has 2 rings (SSSR count). The minimum absolute atomic E-state index is 0.258. The summed E-state index contributed by atoms with van der Waals surface area (Å²) in [6.07, 6.45) is 0.516. The minimum Gasteiger partial charge on any atom is -0.450 e. The molecule has 0 radical (unpaired) electrons. The van der Waals surface area contributed by atoms with Crippen molar-refractivity contribution in [1.82, 2.24) is 10.2 Å². The molecule has 0 aliphatic carbocycles. The topological polar surface area (TPSA) is 67.9 Å². The number of carbonyl (C=O) groups is 2. The number of esters is 1. The zero-order valence-electron chi connectivity index (χ0n) is 16.4. The Morgan fingerprint density at radius 3 is 2.23 bits per heavy atom. The van der Waals surface area contributed by atoms with Crippen molar-refractivity contribution >= 4 is 11.9 Å². The second-order valence-electron chi connectivity index (χ2n) is 7.55. The summed E-state index contributed by atoms with van der Waals surface area (Å²) in [5.74, 6) is -0.783. The zero-order chi connectivity index (χ0) is 19.3. The monoisotopic (exact) mass is 362 g/mol. The maximum absolute atomic E-state index is 12.2. The molecule has 1 aliphatic rings. The van der Waals surface area contributed by atoms with Crippen molar-refractivity contribution in [2.45, 2.75) is 65.5 Å². The summed E-state index contributed by atoms with van der Waals surface area (Å²) in [4.78, 5) is 25.6. The van der Waals surface area contributed by atoms with Gasteiger partial charge in [0, 0.05) is 33.1 Å². The van der Waals surface area contributed by atoms with Crippen LogP contribution in [0.4, 0.5) is 0 Å². The number of hydrogen-bond donors (Lipinski definition) is 1.